The number of hydrogen-bond acceptors (Lipinski definition) is 9. The molecule has 1 fully saturated rings. The number of aryl methyl sites for hydroxylation is 1. The molecular weight excluding hydrogens is 474 g/mol. The van der Waals surface area contributed by atoms with Crippen LogP contribution in [0.2, 0.25) is 0 Å². The van der Waals surface area contributed by atoms with E-state index in [1.807, 2.05) is 49.4 Å². The summed E-state index contributed by atoms with van der Waals surface area (Å²) in [4.78, 5) is 15.7. The maximum absolute atomic E-state index is 5.45. The highest BCUT2D eigenvalue weighted by Crippen LogP contribution is 2.26. The molecule has 0 amide bonds. The van der Waals surface area contributed by atoms with Gasteiger partial charge in [-0.05, 0) is 70.4 Å². The lowest BCUT2D eigenvalue weighted by Gasteiger charge is -2.27. The quantitative estimate of drug-likeness (QED) is 0.373. The van der Waals surface area contributed by atoms with Crippen LogP contribution in [0.3, 0.4) is 0 Å². The number of morpholine rings is 1. The van der Waals surface area contributed by atoms with Gasteiger partial charge in [-0.2, -0.15) is 20.1 Å². The van der Waals surface area contributed by atoms with Gasteiger partial charge >= 0.3 is 0 Å². The Kier molecular flexibility index (Phi) is 7.13. The summed E-state index contributed by atoms with van der Waals surface area (Å²) in [5.74, 6) is 2.13. The molecule has 0 saturated carbocycles. The van der Waals surface area contributed by atoms with Crippen molar-refractivity contribution in [2.24, 2.45) is 5.10 Å². The number of hydrogen-bond donors (Lipinski definition) is 2. The zero-order valence-corrected chi connectivity index (χ0v) is 19.5. The van der Waals surface area contributed by atoms with E-state index in [1.54, 1.807) is 13.3 Å². The van der Waals surface area contributed by atoms with Gasteiger partial charge in [-0.15, -0.1) is 0 Å². The molecular formula is C22H24BrN7O2. The number of ether oxygens (including phenoxy) is 2. The molecule has 32 heavy (non-hydrogen) atoms. The Labute approximate surface area is 195 Å². The van der Waals surface area contributed by atoms with Crippen molar-refractivity contribution in [3.05, 3.63) is 58.1 Å². The second kappa shape index (κ2) is 10.4. The summed E-state index contributed by atoms with van der Waals surface area (Å²) in [5, 5.41) is 7.55. The Morgan fingerprint density at radius 3 is 2.53 bits per heavy atom. The van der Waals surface area contributed by atoms with Gasteiger partial charge in [0.2, 0.25) is 17.8 Å². The smallest absolute Gasteiger partial charge is 0.250 e. The zero-order chi connectivity index (χ0) is 22.3. The molecule has 0 atom stereocenters. The van der Waals surface area contributed by atoms with Crippen molar-refractivity contribution in [3.8, 4) is 5.75 Å². The zero-order valence-electron chi connectivity index (χ0n) is 17.9. The lowest BCUT2D eigenvalue weighted by Crippen LogP contribution is -2.37. The minimum atomic E-state index is 0.344. The van der Waals surface area contributed by atoms with Gasteiger partial charge in [-0.1, -0.05) is 6.07 Å². The van der Waals surface area contributed by atoms with Crippen LogP contribution in [0.5, 0.6) is 5.75 Å². The van der Waals surface area contributed by atoms with E-state index in [0.29, 0.717) is 44.1 Å². The van der Waals surface area contributed by atoms with Crippen molar-refractivity contribution in [1.29, 1.82) is 0 Å². The molecule has 1 aliphatic heterocycles. The van der Waals surface area contributed by atoms with Crippen molar-refractivity contribution in [1.82, 2.24) is 15.0 Å². The van der Waals surface area contributed by atoms with E-state index in [-0.39, 0.29) is 0 Å². The molecule has 0 radical (unpaired) electrons. The van der Waals surface area contributed by atoms with Gasteiger partial charge in [-0.3, -0.25) is 0 Å². The van der Waals surface area contributed by atoms with Gasteiger partial charge < -0.3 is 19.7 Å². The van der Waals surface area contributed by atoms with Gasteiger partial charge in [0, 0.05) is 17.6 Å². The number of halogens is 1. The van der Waals surface area contributed by atoms with Crippen molar-refractivity contribution in [3.63, 3.8) is 0 Å². The molecule has 1 aliphatic rings. The third kappa shape index (κ3) is 5.71. The molecule has 0 bridgehead atoms. The maximum atomic E-state index is 5.45. The Morgan fingerprint density at radius 1 is 1.06 bits per heavy atom. The summed E-state index contributed by atoms with van der Waals surface area (Å²) in [7, 11) is 1.64. The van der Waals surface area contributed by atoms with E-state index < -0.39 is 0 Å². The second-order valence-corrected chi connectivity index (χ2v) is 7.99. The molecule has 2 heterocycles. The lowest BCUT2D eigenvalue weighted by molar-refractivity contribution is 0.122. The summed E-state index contributed by atoms with van der Waals surface area (Å²) in [6.45, 7) is 4.74. The first-order chi connectivity index (χ1) is 15.6. The van der Waals surface area contributed by atoms with Gasteiger partial charge in [0.05, 0.1) is 32.2 Å². The van der Waals surface area contributed by atoms with Gasteiger partial charge in [-0.25, -0.2) is 5.43 Å². The molecule has 2 aromatic carbocycles. The minimum Gasteiger partial charge on any atom is -0.497 e. The molecule has 1 saturated heterocycles. The van der Waals surface area contributed by atoms with Crippen LogP contribution in [0.15, 0.2) is 52.0 Å². The molecule has 166 valence electrons. The molecule has 0 unspecified atom stereocenters. The number of aromatic nitrogens is 3. The average molecular weight is 498 g/mol. The lowest BCUT2D eigenvalue weighted by atomic mass is 10.2. The van der Waals surface area contributed by atoms with Crippen LogP contribution in [0, 0.1) is 6.92 Å². The van der Waals surface area contributed by atoms with Crippen molar-refractivity contribution in [2.75, 3.05) is 49.1 Å². The van der Waals surface area contributed by atoms with Gasteiger partial charge in [0.15, 0.2) is 0 Å². The van der Waals surface area contributed by atoms with Crippen LogP contribution in [0.4, 0.5) is 23.5 Å². The number of hydrazone groups is 1. The highest BCUT2D eigenvalue weighted by atomic mass is 79.9. The molecule has 4 rings (SSSR count). The fourth-order valence-electron chi connectivity index (χ4n) is 3.07. The van der Waals surface area contributed by atoms with Crippen molar-refractivity contribution >= 4 is 45.7 Å². The monoisotopic (exact) mass is 497 g/mol. The molecule has 10 heteroatoms. The third-order valence-electron chi connectivity index (χ3n) is 4.78. The number of nitrogens with zero attached hydrogens (tertiary/aromatic N) is 5. The number of nitrogens with one attached hydrogen (secondary N) is 2. The Hall–Kier alpha value is -3.24. The van der Waals surface area contributed by atoms with Gasteiger partial charge in [0.25, 0.3) is 0 Å². The van der Waals surface area contributed by atoms with E-state index >= 15 is 0 Å². The normalized spacial score (nSPS) is 13.9. The van der Waals surface area contributed by atoms with Crippen LogP contribution >= 0.6 is 15.9 Å². The highest BCUT2D eigenvalue weighted by molar-refractivity contribution is 9.10. The predicted molar refractivity (Wildman–Crippen MR) is 129 cm³/mol. The summed E-state index contributed by atoms with van der Waals surface area (Å²) in [6, 6.07) is 13.6. The van der Waals surface area contributed by atoms with Crippen LogP contribution in [0.25, 0.3) is 0 Å². The van der Waals surface area contributed by atoms with E-state index in [4.69, 9.17) is 9.47 Å². The third-order valence-corrected chi connectivity index (χ3v) is 5.44. The highest BCUT2D eigenvalue weighted by Gasteiger charge is 2.17. The fraction of sp³-hybridized carbons (Fsp3) is 0.273. The summed E-state index contributed by atoms with van der Waals surface area (Å²) in [5.41, 5.74) is 5.85. The molecule has 3 aromatic rings. The number of benzene rings is 2. The Morgan fingerprint density at radius 2 is 1.81 bits per heavy atom. The summed E-state index contributed by atoms with van der Waals surface area (Å²) in [6.07, 6.45) is 1.70. The first-order valence-electron chi connectivity index (χ1n) is 10.2. The first kappa shape index (κ1) is 22.0. The maximum Gasteiger partial charge on any atom is 0.250 e. The fourth-order valence-corrected chi connectivity index (χ4v) is 3.66. The van der Waals surface area contributed by atoms with Crippen molar-refractivity contribution in [2.45, 2.75) is 6.92 Å². The van der Waals surface area contributed by atoms with E-state index in [9.17, 15) is 0 Å². The molecule has 1 aromatic heterocycles. The Balaban J connectivity index is 1.56. The largest absolute Gasteiger partial charge is 0.497 e. The van der Waals surface area contributed by atoms with E-state index in [0.717, 1.165) is 27.0 Å². The SMILES string of the molecule is COc1ccc(/C=N/Nc2nc(Nc3ccc(C)cc3Br)nc(N3CCOCC3)n2)cc1. The van der Waals surface area contributed by atoms with Gasteiger partial charge in [0.1, 0.15) is 5.75 Å². The van der Waals surface area contributed by atoms with Crippen LogP contribution in [-0.4, -0.2) is 54.6 Å². The molecule has 2 N–H and O–H groups in total. The average Bonchev–Trinajstić information content (AvgIpc) is 2.82. The van der Waals surface area contributed by atoms with Crippen LogP contribution < -0.4 is 20.4 Å². The minimum absolute atomic E-state index is 0.344. The summed E-state index contributed by atoms with van der Waals surface area (Å²) < 4.78 is 11.6. The number of methoxy groups -OCH3 is 1. The molecule has 0 spiro atoms. The van der Waals surface area contributed by atoms with Crippen LogP contribution in [0.1, 0.15) is 11.1 Å². The van der Waals surface area contributed by atoms with E-state index in [2.05, 4.69) is 51.6 Å². The first-order valence-corrected chi connectivity index (χ1v) is 10.9. The van der Waals surface area contributed by atoms with E-state index in [1.165, 1.54) is 0 Å². The Bertz CT molecular complexity index is 1090. The molecule has 9 nitrogen and oxygen atoms in total. The topological polar surface area (TPSA) is 96.8 Å². The molecule has 0 aliphatic carbocycles. The number of rotatable bonds is 7. The predicted octanol–water partition coefficient (Wildman–Crippen LogP) is 3.98. The van der Waals surface area contributed by atoms with Crippen molar-refractivity contribution < 1.29 is 9.47 Å². The second-order valence-electron chi connectivity index (χ2n) is 7.13. The van der Waals surface area contributed by atoms with Crippen LogP contribution in [-0.2, 0) is 4.74 Å². The summed E-state index contributed by atoms with van der Waals surface area (Å²) >= 11 is 3.59. The standard InChI is InChI=1S/C22H24BrN7O2/c1-15-3-8-19(18(23)13-15)25-20-26-21(28-22(27-20)30-9-11-32-12-10-30)29-24-14-16-4-6-17(31-2)7-5-16/h3-8,13-14H,9-12H2,1-2H3,(H2,25,26,27,28,29)/b24-14+. The number of anilines is 4.